The number of rotatable bonds is 1. The average Bonchev–Trinajstić information content (AvgIpc) is 2.31. The zero-order chi connectivity index (χ0) is 14.2. The van der Waals surface area contributed by atoms with Gasteiger partial charge in [-0.3, -0.25) is 4.79 Å². The van der Waals surface area contributed by atoms with Crippen LogP contribution in [0.15, 0.2) is 38.0 Å². The topological polar surface area (TPSA) is 45.8 Å². The maximum atomic E-state index is 11.8. The number of nitrogens with zero attached hydrogens (tertiary/aromatic N) is 1. The molecule has 1 heterocycles. The number of H-pyrrole nitrogens is 1. The third-order valence-corrected chi connectivity index (χ3v) is 4.58. The zero-order valence-corrected chi connectivity index (χ0v) is 14.1. The van der Waals surface area contributed by atoms with Crippen molar-refractivity contribution in [1.29, 1.82) is 0 Å². The van der Waals surface area contributed by atoms with Gasteiger partial charge in [-0.2, -0.15) is 0 Å². The van der Waals surface area contributed by atoms with Crippen LogP contribution in [0.3, 0.4) is 0 Å². The van der Waals surface area contributed by atoms with Gasteiger partial charge in [-0.1, -0.05) is 26.8 Å². The van der Waals surface area contributed by atoms with E-state index in [9.17, 15) is 4.79 Å². The van der Waals surface area contributed by atoms with Gasteiger partial charge in [0.1, 0.15) is 5.82 Å². The van der Waals surface area contributed by atoms with Crippen LogP contribution >= 0.6 is 31.9 Å². The molecule has 0 atom stereocenters. The fourth-order valence-corrected chi connectivity index (χ4v) is 2.25. The monoisotopic (exact) mass is 384 g/mol. The van der Waals surface area contributed by atoms with Crippen LogP contribution < -0.4 is 5.56 Å². The second-order valence-corrected chi connectivity index (χ2v) is 7.07. The van der Waals surface area contributed by atoms with Crippen molar-refractivity contribution >= 4 is 31.9 Å². The summed E-state index contributed by atoms with van der Waals surface area (Å²) < 4.78 is 1.89. The van der Waals surface area contributed by atoms with E-state index in [4.69, 9.17) is 0 Å². The van der Waals surface area contributed by atoms with Crippen LogP contribution in [0.4, 0.5) is 0 Å². The average molecular weight is 386 g/mol. The second-order valence-electron chi connectivity index (χ2n) is 5.36. The van der Waals surface area contributed by atoms with Crippen LogP contribution in [0.2, 0.25) is 0 Å². The summed E-state index contributed by atoms with van der Waals surface area (Å²) >= 11 is 6.88. The van der Waals surface area contributed by atoms with E-state index in [0.717, 1.165) is 20.2 Å². The number of benzene rings is 1. The van der Waals surface area contributed by atoms with Gasteiger partial charge in [-0.25, -0.2) is 4.98 Å². The molecule has 2 rings (SSSR count). The lowest BCUT2D eigenvalue weighted by Gasteiger charge is -2.18. The molecule has 5 heteroatoms. The molecular formula is C14H14Br2N2O. The molecule has 1 aromatic heterocycles. The van der Waals surface area contributed by atoms with E-state index >= 15 is 0 Å². The van der Waals surface area contributed by atoms with Crippen molar-refractivity contribution in [2.45, 2.75) is 26.2 Å². The molecule has 0 aliphatic carbocycles. The molecule has 0 bridgehead atoms. The highest BCUT2D eigenvalue weighted by atomic mass is 79.9. The minimum absolute atomic E-state index is 0.131. The van der Waals surface area contributed by atoms with Crippen LogP contribution in [-0.2, 0) is 5.41 Å². The van der Waals surface area contributed by atoms with Crippen molar-refractivity contribution < 1.29 is 0 Å². The van der Waals surface area contributed by atoms with E-state index in [1.165, 1.54) is 0 Å². The standard InChI is InChI=1S/C14H14Br2N2O/c1-14(2,3)11-7-12(19)18-13(17-11)8-4-5-9(15)10(16)6-8/h4-7H,1-3H3,(H,17,18,19). The lowest BCUT2D eigenvalue weighted by atomic mass is 9.92. The summed E-state index contributed by atoms with van der Waals surface area (Å²) in [5, 5.41) is 0. The van der Waals surface area contributed by atoms with Gasteiger partial charge in [0.2, 0.25) is 0 Å². The predicted molar refractivity (Wildman–Crippen MR) is 84.4 cm³/mol. The van der Waals surface area contributed by atoms with Crippen LogP contribution in [-0.4, -0.2) is 9.97 Å². The largest absolute Gasteiger partial charge is 0.307 e. The number of nitrogens with one attached hydrogen (secondary N) is 1. The van der Waals surface area contributed by atoms with Crippen LogP contribution in [0.1, 0.15) is 26.5 Å². The van der Waals surface area contributed by atoms with Crippen molar-refractivity contribution in [1.82, 2.24) is 9.97 Å². The molecule has 0 saturated carbocycles. The van der Waals surface area contributed by atoms with Crippen molar-refractivity contribution in [2.75, 3.05) is 0 Å². The van der Waals surface area contributed by atoms with Crippen molar-refractivity contribution in [3.8, 4) is 11.4 Å². The molecule has 0 radical (unpaired) electrons. The lowest BCUT2D eigenvalue weighted by molar-refractivity contribution is 0.566. The maximum absolute atomic E-state index is 11.8. The summed E-state index contributed by atoms with van der Waals surface area (Å²) in [6.45, 7) is 6.11. The fourth-order valence-electron chi connectivity index (χ4n) is 1.62. The first-order chi connectivity index (χ1) is 8.77. The molecule has 100 valence electrons. The summed E-state index contributed by atoms with van der Waals surface area (Å²) in [6.07, 6.45) is 0. The van der Waals surface area contributed by atoms with Gasteiger partial charge in [0.15, 0.2) is 0 Å². The van der Waals surface area contributed by atoms with Gasteiger partial charge in [0.05, 0.1) is 5.69 Å². The highest BCUT2D eigenvalue weighted by molar-refractivity contribution is 9.13. The molecule has 2 aromatic rings. The Balaban J connectivity index is 2.59. The van der Waals surface area contributed by atoms with Gasteiger partial charge >= 0.3 is 0 Å². The van der Waals surface area contributed by atoms with Gasteiger partial charge in [0.25, 0.3) is 5.56 Å². The summed E-state index contributed by atoms with van der Waals surface area (Å²) in [6, 6.07) is 7.31. The minimum atomic E-state index is -0.157. The summed E-state index contributed by atoms with van der Waals surface area (Å²) in [4.78, 5) is 19.1. The number of aromatic amines is 1. The Hall–Kier alpha value is -0.940. The van der Waals surface area contributed by atoms with E-state index in [-0.39, 0.29) is 11.0 Å². The number of hydrogen-bond acceptors (Lipinski definition) is 2. The number of hydrogen-bond donors (Lipinski definition) is 1. The first-order valence-corrected chi connectivity index (χ1v) is 7.43. The Morgan fingerprint density at radius 3 is 2.37 bits per heavy atom. The van der Waals surface area contributed by atoms with Crippen molar-refractivity contribution in [3.05, 3.63) is 49.3 Å². The third kappa shape index (κ3) is 3.34. The second kappa shape index (κ2) is 5.21. The Morgan fingerprint density at radius 2 is 1.79 bits per heavy atom. The highest BCUT2D eigenvalue weighted by Gasteiger charge is 2.17. The molecule has 0 saturated heterocycles. The number of aromatic nitrogens is 2. The van der Waals surface area contributed by atoms with Crippen LogP contribution in [0.25, 0.3) is 11.4 Å². The van der Waals surface area contributed by atoms with Gasteiger partial charge in [-0.05, 0) is 44.0 Å². The third-order valence-electron chi connectivity index (χ3n) is 2.70. The Kier molecular flexibility index (Phi) is 3.97. The highest BCUT2D eigenvalue weighted by Crippen LogP contribution is 2.28. The van der Waals surface area contributed by atoms with E-state index in [1.807, 2.05) is 39.0 Å². The summed E-state index contributed by atoms with van der Waals surface area (Å²) in [5.74, 6) is 0.589. The molecule has 0 spiro atoms. The van der Waals surface area contributed by atoms with E-state index < -0.39 is 0 Å². The number of halogens is 2. The van der Waals surface area contributed by atoms with Gasteiger partial charge in [0, 0.05) is 26.0 Å². The first-order valence-electron chi connectivity index (χ1n) is 5.84. The van der Waals surface area contributed by atoms with E-state index in [1.54, 1.807) is 6.07 Å². The molecule has 0 unspecified atom stereocenters. The van der Waals surface area contributed by atoms with Gasteiger partial charge in [-0.15, -0.1) is 0 Å². The minimum Gasteiger partial charge on any atom is -0.307 e. The van der Waals surface area contributed by atoms with Crippen LogP contribution in [0, 0.1) is 0 Å². The Bertz CT molecular complexity index is 672. The molecule has 0 fully saturated rings. The predicted octanol–water partition coefficient (Wildman–Crippen LogP) is 4.26. The molecule has 0 aliphatic heterocycles. The fraction of sp³-hybridized carbons (Fsp3) is 0.286. The maximum Gasteiger partial charge on any atom is 0.251 e. The van der Waals surface area contributed by atoms with Crippen LogP contribution in [0.5, 0.6) is 0 Å². The Labute approximate surface area is 128 Å². The molecule has 3 nitrogen and oxygen atoms in total. The molecule has 0 amide bonds. The van der Waals surface area contributed by atoms with Gasteiger partial charge < -0.3 is 4.98 Å². The molecule has 1 N–H and O–H groups in total. The summed E-state index contributed by atoms with van der Waals surface area (Å²) in [7, 11) is 0. The first kappa shape index (κ1) is 14.5. The SMILES string of the molecule is CC(C)(C)c1cc(=O)[nH]c(-c2ccc(Br)c(Br)c2)n1. The molecule has 0 aliphatic rings. The lowest BCUT2D eigenvalue weighted by Crippen LogP contribution is -2.19. The smallest absolute Gasteiger partial charge is 0.251 e. The molecule has 19 heavy (non-hydrogen) atoms. The quantitative estimate of drug-likeness (QED) is 0.797. The van der Waals surface area contributed by atoms with E-state index in [0.29, 0.717) is 5.82 Å². The normalized spacial score (nSPS) is 11.6. The van der Waals surface area contributed by atoms with Crippen molar-refractivity contribution in [2.24, 2.45) is 0 Å². The molecule has 1 aromatic carbocycles. The summed E-state index contributed by atoms with van der Waals surface area (Å²) in [5.41, 5.74) is 1.37. The Morgan fingerprint density at radius 1 is 1.11 bits per heavy atom. The zero-order valence-electron chi connectivity index (χ0n) is 10.9. The van der Waals surface area contributed by atoms with E-state index in [2.05, 4.69) is 41.8 Å². The molecular weight excluding hydrogens is 372 g/mol. The van der Waals surface area contributed by atoms with Crippen molar-refractivity contribution in [3.63, 3.8) is 0 Å².